The molecule has 0 aromatic rings. The van der Waals surface area contributed by atoms with Crippen molar-refractivity contribution < 1.29 is 5.11 Å². The summed E-state index contributed by atoms with van der Waals surface area (Å²) in [6.07, 6.45) is 4.46. The molecule has 1 aliphatic carbocycles. The van der Waals surface area contributed by atoms with Crippen LogP contribution in [0.3, 0.4) is 0 Å². The lowest BCUT2D eigenvalue weighted by Crippen LogP contribution is -2.08. The van der Waals surface area contributed by atoms with Crippen LogP contribution in [0.25, 0.3) is 0 Å². The first-order chi connectivity index (χ1) is 4.75. The molecule has 3 heteroatoms. The molecule has 0 aliphatic heterocycles. The van der Waals surface area contributed by atoms with E-state index in [1.54, 1.807) is 6.08 Å². The van der Waals surface area contributed by atoms with Gasteiger partial charge >= 0.3 is 0 Å². The van der Waals surface area contributed by atoms with Crippen LogP contribution in [0.4, 0.5) is 0 Å². The lowest BCUT2D eigenvalue weighted by molar-refractivity contribution is 0.250. The van der Waals surface area contributed by atoms with E-state index in [-0.39, 0.29) is 12.5 Å². The second-order valence-electron chi connectivity index (χ2n) is 2.21. The molecule has 0 aromatic heterocycles. The minimum Gasteiger partial charge on any atom is -0.396 e. The monoisotopic (exact) mass is 178 g/mol. The average molecular weight is 179 g/mol. The third-order valence-corrected chi connectivity index (χ3v) is 2.43. The Balaban J connectivity index is 2.77. The highest BCUT2D eigenvalue weighted by Crippen LogP contribution is 2.29. The fourth-order valence-electron chi connectivity index (χ4n) is 0.869. The molecule has 0 amide bonds. The van der Waals surface area contributed by atoms with Crippen molar-refractivity contribution in [1.29, 1.82) is 0 Å². The number of aliphatic hydroxyl groups is 1. The van der Waals surface area contributed by atoms with Crippen LogP contribution in [-0.4, -0.2) is 11.7 Å². The predicted molar refractivity (Wildman–Crippen MR) is 43.1 cm³/mol. The Morgan fingerprint density at radius 2 is 2.30 bits per heavy atom. The Morgan fingerprint density at radius 3 is 2.80 bits per heavy atom. The van der Waals surface area contributed by atoms with E-state index in [9.17, 15) is 0 Å². The normalized spacial score (nSPS) is 25.7. The number of hydrogen-bond donors (Lipinski definition) is 1. The van der Waals surface area contributed by atoms with Gasteiger partial charge in [-0.2, -0.15) is 0 Å². The minimum atomic E-state index is 0.0131. The Morgan fingerprint density at radius 1 is 1.60 bits per heavy atom. The Labute approximate surface area is 69.9 Å². The third-order valence-electron chi connectivity index (χ3n) is 1.49. The second kappa shape index (κ2) is 3.42. The smallest absolute Gasteiger partial charge is 0.0551 e. The van der Waals surface area contributed by atoms with E-state index in [1.165, 1.54) is 0 Å². The standard InChI is InChI=1S/C7H8Cl2O/c8-6-3-1-2-5(4-10)7(6)9/h1,3,5,10H,2,4H2. The zero-order valence-corrected chi connectivity index (χ0v) is 6.86. The molecule has 10 heavy (non-hydrogen) atoms. The van der Waals surface area contributed by atoms with Gasteiger partial charge in [0.1, 0.15) is 0 Å². The van der Waals surface area contributed by atoms with E-state index in [2.05, 4.69) is 0 Å². The third kappa shape index (κ3) is 1.54. The van der Waals surface area contributed by atoms with E-state index >= 15 is 0 Å². The summed E-state index contributed by atoms with van der Waals surface area (Å²) in [5.41, 5.74) is 0. The van der Waals surface area contributed by atoms with Gasteiger partial charge in [0.2, 0.25) is 0 Å². The minimum absolute atomic E-state index is 0.0131. The van der Waals surface area contributed by atoms with E-state index < -0.39 is 0 Å². The largest absolute Gasteiger partial charge is 0.396 e. The molecule has 1 N–H and O–H groups in total. The first-order valence-corrected chi connectivity index (χ1v) is 3.84. The van der Waals surface area contributed by atoms with Crippen molar-refractivity contribution in [3.63, 3.8) is 0 Å². The van der Waals surface area contributed by atoms with Crippen molar-refractivity contribution >= 4 is 23.2 Å². The van der Waals surface area contributed by atoms with Gasteiger partial charge in [-0.3, -0.25) is 0 Å². The van der Waals surface area contributed by atoms with Crippen molar-refractivity contribution in [3.8, 4) is 0 Å². The maximum absolute atomic E-state index is 8.77. The quantitative estimate of drug-likeness (QED) is 0.654. The van der Waals surface area contributed by atoms with Gasteiger partial charge in [-0.25, -0.2) is 0 Å². The zero-order chi connectivity index (χ0) is 7.56. The molecule has 1 rings (SSSR count). The van der Waals surface area contributed by atoms with E-state index in [0.717, 1.165) is 6.42 Å². The van der Waals surface area contributed by atoms with E-state index in [4.69, 9.17) is 28.3 Å². The topological polar surface area (TPSA) is 20.2 Å². The van der Waals surface area contributed by atoms with Gasteiger partial charge in [0, 0.05) is 11.0 Å². The molecule has 1 aliphatic rings. The summed E-state index contributed by atoms with van der Waals surface area (Å²) in [6.45, 7) is 0.0688. The molecule has 1 unspecified atom stereocenters. The Kier molecular flexibility index (Phi) is 2.78. The van der Waals surface area contributed by atoms with Crippen LogP contribution >= 0.6 is 23.2 Å². The maximum Gasteiger partial charge on any atom is 0.0551 e. The van der Waals surface area contributed by atoms with Crippen LogP contribution in [0.5, 0.6) is 0 Å². The highest BCUT2D eigenvalue weighted by Gasteiger charge is 2.15. The molecule has 0 heterocycles. The van der Waals surface area contributed by atoms with Gasteiger partial charge in [-0.15, -0.1) is 0 Å². The van der Waals surface area contributed by atoms with Gasteiger partial charge in [-0.05, 0) is 12.5 Å². The molecule has 56 valence electrons. The van der Waals surface area contributed by atoms with Crippen LogP contribution in [-0.2, 0) is 0 Å². The molecule has 0 saturated carbocycles. The van der Waals surface area contributed by atoms with Gasteiger partial charge in [0.25, 0.3) is 0 Å². The number of hydrogen-bond acceptors (Lipinski definition) is 1. The molecular weight excluding hydrogens is 171 g/mol. The average Bonchev–Trinajstić information content (AvgIpc) is 1.95. The highest BCUT2D eigenvalue weighted by atomic mass is 35.5. The molecule has 1 atom stereocenters. The molecular formula is C7H8Cl2O. The summed E-state index contributed by atoms with van der Waals surface area (Å²) in [4.78, 5) is 0. The first-order valence-electron chi connectivity index (χ1n) is 3.08. The fraction of sp³-hybridized carbons (Fsp3) is 0.429. The van der Waals surface area contributed by atoms with Crippen LogP contribution in [0.2, 0.25) is 0 Å². The summed E-state index contributed by atoms with van der Waals surface area (Å²) < 4.78 is 0. The van der Waals surface area contributed by atoms with Crippen LogP contribution in [0.15, 0.2) is 22.2 Å². The van der Waals surface area contributed by atoms with Crippen LogP contribution < -0.4 is 0 Å². The Bertz CT molecular complexity index is 184. The summed E-state index contributed by atoms with van der Waals surface area (Å²) >= 11 is 11.5. The van der Waals surface area contributed by atoms with Crippen molar-refractivity contribution in [3.05, 3.63) is 22.2 Å². The molecule has 0 spiro atoms. The summed E-state index contributed by atoms with van der Waals surface area (Å²) in [7, 11) is 0. The molecule has 0 aromatic carbocycles. The molecule has 0 fully saturated rings. The number of halogens is 2. The Hall–Kier alpha value is 0.0200. The van der Waals surface area contributed by atoms with Crippen molar-refractivity contribution in [2.24, 2.45) is 5.92 Å². The number of aliphatic hydroxyl groups excluding tert-OH is 1. The van der Waals surface area contributed by atoms with Gasteiger partial charge in [0.05, 0.1) is 11.6 Å². The SMILES string of the molecule is OCC1CC=CC(Cl)=C1Cl. The highest BCUT2D eigenvalue weighted by molar-refractivity contribution is 6.40. The van der Waals surface area contributed by atoms with Gasteiger partial charge < -0.3 is 5.11 Å². The molecule has 0 saturated heterocycles. The molecule has 1 nitrogen and oxygen atoms in total. The molecule has 0 radical (unpaired) electrons. The lowest BCUT2D eigenvalue weighted by Gasteiger charge is -2.14. The number of rotatable bonds is 1. The van der Waals surface area contributed by atoms with Gasteiger partial charge in [-0.1, -0.05) is 29.3 Å². The zero-order valence-electron chi connectivity index (χ0n) is 5.35. The molecule has 0 bridgehead atoms. The van der Waals surface area contributed by atoms with Crippen LogP contribution in [0.1, 0.15) is 6.42 Å². The summed E-state index contributed by atoms with van der Waals surface area (Å²) in [5.74, 6) is 0.0131. The first kappa shape index (κ1) is 8.12. The fourth-order valence-corrected chi connectivity index (χ4v) is 1.33. The van der Waals surface area contributed by atoms with Crippen molar-refractivity contribution in [2.45, 2.75) is 6.42 Å². The van der Waals surface area contributed by atoms with Gasteiger partial charge in [0.15, 0.2) is 0 Å². The van der Waals surface area contributed by atoms with Crippen molar-refractivity contribution in [2.75, 3.05) is 6.61 Å². The second-order valence-corrected chi connectivity index (χ2v) is 3.03. The maximum atomic E-state index is 8.77. The summed E-state index contributed by atoms with van der Waals surface area (Å²) in [6, 6.07) is 0. The van der Waals surface area contributed by atoms with E-state index in [0.29, 0.717) is 10.1 Å². The lowest BCUT2D eigenvalue weighted by atomic mass is 10.0. The predicted octanol–water partition coefficient (Wildman–Crippen LogP) is 2.24. The van der Waals surface area contributed by atoms with Crippen molar-refractivity contribution in [1.82, 2.24) is 0 Å². The number of allylic oxidation sites excluding steroid dienone is 3. The summed E-state index contributed by atoms with van der Waals surface area (Å²) in [5, 5.41) is 9.89. The van der Waals surface area contributed by atoms with E-state index in [1.807, 2.05) is 6.08 Å². The van der Waals surface area contributed by atoms with Crippen LogP contribution in [0, 0.1) is 5.92 Å².